The molecule has 30 heavy (non-hydrogen) atoms. The number of carbonyl (C=O) groups is 2. The van der Waals surface area contributed by atoms with E-state index in [1.165, 1.54) is 11.6 Å². The minimum absolute atomic E-state index is 0.100. The molecule has 0 aliphatic heterocycles. The van der Waals surface area contributed by atoms with Crippen molar-refractivity contribution in [1.29, 1.82) is 0 Å². The molecule has 1 aromatic heterocycles. The fraction of sp³-hybridized carbons (Fsp3) is 0.429. The molecule has 0 aliphatic rings. The van der Waals surface area contributed by atoms with Crippen molar-refractivity contribution in [3.8, 4) is 0 Å². The molecule has 0 aliphatic carbocycles. The van der Waals surface area contributed by atoms with Crippen LogP contribution in [0.5, 0.6) is 0 Å². The highest BCUT2D eigenvalue weighted by atomic mass is 16.2. The van der Waals surface area contributed by atoms with Crippen molar-refractivity contribution in [2.75, 3.05) is 24.1 Å². The molecule has 1 amide bonds. The predicted molar refractivity (Wildman–Crippen MR) is 117 cm³/mol. The van der Waals surface area contributed by atoms with E-state index in [1.807, 2.05) is 27.7 Å². The molecule has 0 fully saturated rings. The summed E-state index contributed by atoms with van der Waals surface area (Å²) in [5.41, 5.74) is 6.44. The fourth-order valence-corrected chi connectivity index (χ4v) is 3.07. The molecule has 2 rings (SSSR count). The largest absolute Gasteiger partial charge is 0.384 e. The van der Waals surface area contributed by atoms with E-state index in [0.29, 0.717) is 24.3 Å². The second-order valence-corrected chi connectivity index (χ2v) is 7.58. The Bertz CT molecular complexity index is 1080. The maximum Gasteiger partial charge on any atom is 0.332 e. The van der Waals surface area contributed by atoms with Gasteiger partial charge in [0.25, 0.3) is 11.5 Å². The Kier molecular flexibility index (Phi) is 7.20. The Balaban J connectivity index is 2.35. The summed E-state index contributed by atoms with van der Waals surface area (Å²) in [4.78, 5) is 49.8. The van der Waals surface area contributed by atoms with E-state index in [-0.39, 0.29) is 29.8 Å². The summed E-state index contributed by atoms with van der Waals surface area (Å²) in [6.45, 7) is 8.06. The number of hydrogen-bond donors (Lipinski definition) is 3. The maximum absolute atomic E-state index is 12.8. The first kappa shape index (κ1) is 22.9. The zero-order valence-corrected chi connectivity index (χ0v) is 18.0. The first-order chi connectivity index (χ1) is 14.1. The lowest BCUT2D eigenvalue weighted by Crippen LogP contribution is -2.43. The van der Waals surface area contributed by atoms with Crippen LogP contribution >= 0.6 is 0 Å². The Labute approximate surface area is 174 Å². The van der Waals surface area contributed by atoms with E-state index in [0.717, 1.165) is 10.1 Å². The summed E-state index contributed by atoms with van der Waals surface area (Å²) < 4.78 is 2.15. The number of benzene rings is 1. The van der Waals surface area contributed by atoms with Crippen LogP contribution in [0.25, 0.3) is 0 Å². The number of nitrogens with zero attached hydrogens (tertiary/aromatic N) is 2. The van der Waals surface area contributed by atoms with Gasteiger partial charge in [-0.15, -0.1) is 0 Å². The number of carbonyl (C=O) groups excluding carboxylic acids is 2. The van der Waals surface area contributed by atoms with Crippen molar-refractivity contribution in [3.63, 3.8) is 0 Å². The van der Waals surface area contributed by atoms with Crippen LogP contribution in [0.4, 0.5) is 11.5 Å². The number of nitrogens with one attached hydrogen (secondary N) is 2. The monoisotopic (exact) mass is 415 g/mol. The van der Waals surface area contributed by atoms with Gasteiger partial charge < -0.3 is 16.4 Å². The lowest BCUT2D eigenvalue weighted by atomic mass is 10.1. The smallest absolute Gasteiger partial charge is 0.332 e. The van der Waals surface area contributed by atoms with Gasteiger partial charge in [-0.2, -0.15) is 0 Å². The summed E-state index contributed by atoms with van der Waals surface area (Å²) in [6.07, 6.45) is 0. The van der Waals surface area contributed by atoms with Gasteiger partial charge in [-0.25, -0.2) is 4.79 Å². The van der Waals surface area contributed by atoms with E-state index < -0.39 is 17.0 Å². The predicted octanol–water partition coefficient (Wildman–Crippen LogP) is 1.14. The summed E-state index contributed by atoms with van der Waals surface area (Å²) in [5, 5.41) is 5.70. The highest BCUT2D eigenvalue weighted by molar-refractivity contribution is 6.02. The van der Waals surface area contributed by atoms with Crippen LogP contribution in [-0.2, 0) is 13.6 Å². The van der Waals surface area contributed by atoms with Crippen LogP contribution in [0.3, 0.4) is 0 Å². The van der Waals surface area contributed by atoms with Gasteiger partial charge in [0.1, 0.15) is 11.4 Å². The number of anilines is 2. The first-order valence-electron chi connectivity index (χ1n) is 9.83. The third kappa shape index (κ3) is 4.79. The van der Waals surface area contributed by atoms with Gasteiger partial charge in [0, 0.05) is 31.4 Å². The fourth-order valence-electron chi connectivity index (χ4n) is 3.07. The first-order valence-corrected chi connectivity index (χ1v) is 9.83. The average Bonchev–Trinajstić information content (AvgIpc) is 2.69. The van der Waals surface area contributed by atoms with Crippen LogP contribution in [-0.4, -0.2) is 33.9 Å². The number of rotatable bonds is 8. The summed E-state index contributed by atoms with van der Waals surface area (Å²) in [5.74, 6) is -0.779. The van der Waals surface area contributed by atoms with Gasteiger partial charge in [-0.3, -0.25) is 23.5 Å². The standard InChI is InChI=1S/C21H29N5O4/c1-6-23-19(28)14-8-7-13(4)15(9-14)24-10-16(27)17-18(22)26(11-12(2)3)21(30)25(5)20(17)29/h7-9,12,24H,6,10-11,22H2,1-5H3,(H,23,28). The number of amides is 1. The van der Waals surface area contributed by atoms with Crippen molar-refractivity contribution in [1.82, 2.24) is 14.5 Å². The van der Waals surface area contributed by atoms with Crippen LogP contribution in [0.2, 0.25) is 0 Å². The third-order valence-electron chi connectivity index (χ3n) is 4.69. The molecule has 2 aromatic rings. The molecule has 0 unspecified atom stereocenters. The highest BCUT2D eigenvalue weighted by Gasteiger charge is 2.22. The van der Waals surface area contributed by atoms with Crippen molar-refractivity contribution < 1.29 is 9.59 Å². The van der Waals surface area contributed by atoms with Gasteiger partial charge >= 0.3 is 5.69 Å². The van der Waals surface area contributed by atoms with E-state index in [1.54, 1.807) is 18.2 Å². The lowest BCUT2D eigenvalue weighted by Gasteiger charge is -2.16. The number of aryl methyl sites for hydroxylation is 1. The summed E-state index contributed by atoms with van der Waals surface area (Å²) in [7, 11) is 1.32. The Morgan fingerprint density at radius 2 is 1.87 bits per heavy atom. The van der Waals surface area contributed by atoms with E-state index in [9.17, 15) is 19.2 Å². The maximum atomic E-state index is 12.8. The highest BCUT2D eigenvalue weighted by Crippen LogP contribution is 2.17. The Hall–Kier alpha value is -3.36. The van der Waals surface area contributed by atoms with Crippen LogP contribution in [0.15, 0.2) is 27.8 Å². The molecule has 0 radical (unpaired) electrons. The zero-order valence-electron chi connectivity index (χ0n) is 18.0. The van der Waals surface area contributed by atoms with E-state index >= 15 is 0 Å². The van der Waals surface area contributed by atoms with Crippen molar-refractivity contribution >= 4 is 23.2 Å². The average molecular weight is 415 g/mol. The molecule has 0 saturated carbocycles. The van der Waals surface area contributed by atoms with Crippen molar-refractivity contribution in [2.45, 2.75) is 34.2 Å². The molecule has 9 heteroatoms. The Morgan fingerprint density at radius 1 is 1.20 bits per heavy atom. The summed E-state index contributed by atoms with van der Waals surface area (Å²) >= 11 is 0. The minimum Gasteiger partial charge on any atom is -0.384 e. The molecule has 0 bridgehead atoms. The molecule has 1 aromatic carbocycles. The zero-order chi connectivity index (χ0) is 22.6. The normalized spacial score (nSPS) is 10.9. The molecule has 9 nitrogen and oxygen atoms in total. The molecule has 0 spiro atoms. The molecule has 4 N–H and O–H groups in total. The number of ketones is 1. The number of aromatic nitrogens is 2. The van der Waals surface area contributed by atoms with Gasteiger partial charge in [0.05, 0.1) is 6.54 Å². The second-order valence-electron chi connectivity index (χ2n) is 7.58. The van der Waals surface area contributed by atoms with Crippen LogP contribution in [0, 0.1) is 12.8 Å². The lowest BCUT2D eigenvalue weighted by molar-refractivity contribution is 0.0955. The van der Waals surface area contributed by atoms with Crippen LogP contribution in [0.1, 0.15) is 47.1 Å². The topological polar surface area (TPSA) is 128 Å². The number of nitrogens with two attached hydrogens (primary N) is 1. The van der Waals surface area contributed by atoms with E-state index in [2.05, 4.69) is 10.6 Å². The second kappa shape index (κ2) is 9.43. The van der Waals surface area contributed by atoms with E-state index in [4.69, 9.17) is 5.73 Å². The number of nitrogen functional groups attached to an aromatic ring is 1. The van der Waals surface area contributed by atoms with Gasteiger partial charge in [-0.05, 0) is 37.5 Å². The molecule has 1 heterocycles. The van der Waals surface area contributed by atoms with Crippen molar-refractivity contribution in [3.05, 3.63) is 55.7 Å². The molecule has 0 saturated heterocycles. The van der Waals surface area contributed by atoms with Crippen LogP contribution < -0.4 is 27.6 Å². The summed E-state index contributed by atoms with van der Waals surface area (Å²) in [6, 6.07) is 5.12. The van der Waals surface area contributed by atoms with Crippen molar-refractivity contribution in [2.24, 2.45) is 13.0 Å². The molecular weight excluding hydrogens is 386 g/mol. The van der Waals surface area contributed by atoms with Gasteiger partial charge in [0.2, 0.25) is 0 Å². The number of hydrogen-bond acceptors (Lipinski definition) is 6. The Morgan fingerprint density at radius 3 is 2.47 bits per heavy atom. The SMILES string of the molecule is CCNC(=O)c1ccc(C)c(NCC(=O)c2c(N)n(CC(C)C)c(=O)n(C)c2=O)c1. The molecule has 0 atom stereocenters. The molecule has 162 valence electrons. The molecular formula is C21H29N5O4. The number of Topliss-reactive ketones (excluding diaryl/α,β-unsaturated/α-hetero) is 1. The van der Waals surface area contributed by atoms with Gasteiger partial charge in [-0.1, -0.05) is 19.9 Å². The third-order valence-corrected chi connectivity index (χ3v) is 4.69. The van der Waals surface area contributed by atoms with Gasteiger partial charge in [0.15, 0.2) is 5.78 Å². The minimum atomic E-state index is -0.725. The quantitative estimate of drug-likeness (QED) is 0.555.